The van der Waals surface area contributed by atoms with E-state index in [4.69, 9.17) is 4.42 Å². The van der Waals surface area contributed by atoms with E-state index in [1.807, 2.05) is 55.5 Å². The van der Waals surface area contributed by atoms with Gasteiger partial charge in [0.05, 0.1) is 12.0 Å². The highest BCUT2D eigenvalue weighted by Gasteiger charge is 2.23. The molecule has 0 aliphatic carbocycles. The fourth-order valence-electron chi connectivity index (χ4n) is 2.98. The molecule has 2 N–H and O–H groups in total. The summed E-state index contributed by atoms with van der Waals surface area (Å²) < 4.78 is 5.49. The van der Waals surface area contributed by atoms with Gasteiger partial charge in [0.15, 0.2) is 5.58 Å². The number of amides is 2. The number of hydrogen-bond acceptors (Lipinski definition) is 3. The summed E-state index contributed by atoms with van der Waals surface area (Å²) in [5, 5.41) is 6.58. The van der Waals surface area contributed by atoms with E-state index in [9.17, 15) is 9.59 Å². The van der Waals surface area contributed by atoms with Crippen LogP contribution in [-0.2, 0) is 4.79 Å². The molecule has 0 fully saturated rings. The summed E-state index contributed by atoms with van der Waals surface area (Å²) in [6, 6.07) is 15.3. The molecule has 5 heteroatoms. The molecule has 152 valence electrons. The van der Waals surface area contributed by atoms with E-state index in [2.05, 4.69) is 17.2 Å². The van der Waals surface area contributed by atoms with Gasteiger partial charge in [0, 0.05) is 17.4 Å². The number of furan rings is 1. The summed E-state index contributed by atoms with van der Waals surface area (Å²) in [4.78, 5) is 25.7. The first-order valence-corrected chi connectivity index (χ1v) is 9.68. The van der Waals surface area contributed by atoms with Crippen molar-refractivity contribution in [1.82, 2.24) is 5.32 Å². The molecule has 0 aliphatic rings. The van der Waals surface area contributed by atoms with Crippen LogP contribution in [0.4, 0.5) is 5.69 Å². The zero-order valence-electron chi connectivity index (χ0n) is 16.8. The minimum atomic E-state index is -0.800. The summed E-state index contributed by atoms with van der Waals surface area (Å²) in [7, 11) is 0. The van der Waals surface area contributed by atoms with E-state index in [-0.39, 0.29) is 18.2 Å². The first-order valence-electron chi connectivity index (χ1n) is 9.68. The second kappa shape index (κ2) is 10.1. The van der Waals surface area contributed by atoms with Crippen LogP contribution in [0, 0.1) is 0 Å². The molecule has 1 aromatic heterocycles. The Morgan fingerprint density at radius 1 is 1.07 bits per heavy atom. The average molecular weight is 400 g/mol. The molecule has 1 heterocycles. The Labute approximate surface area is 175 Å². The largest absolute Gasteiger partial charge is 0.462 e. The van der Waals surface area contributed by atoms with E-state index in [1.54, 1.807) is 36.6 Å². The van der Waals surface area contributed by atoms with Gasteiger partial charge in [-0.1, -0.05) is 66.8 Å². The van der Waals surface area contributed by atoms with Crippen molar-refractivity contribution < 1.29 is 14.0 Å². The van der Waals surface area contributed by atoms with Crippen LogP contribution >= 0.6 is 0 Å². The van der Waals surface area contributed by atoms with E-state index < -0.39 is 6.04 Å². The minimum absolute atomic E-state index is 0.270. The van der Waals surface area contributed by atoms with Crippen molar-refractivity contribution in [2.45, 2.75) is 19.4 Å². The number of rotatable bonds is 8. The molecule has 1 atom stereocenters. The molecule has 0 aliphatic heterocycles. The first kappa shape index (κ1) is 20.9. The molecule has 1 unspecified atom stereocenters. The van der Waals surface area contributed by atoms with Gasteiger partial charge in [0.1, 0.15) is 6.04 Å². The topological polar surface area (TPSA) is 71.3 Å². The molecule has 5 nitrogen and oxygen atoms in total. The first-order chi connectivity index (χ1) is 14.6. The second-order valence-electron chi connectivity index (χ2n) is 6.77. The number of benzene rings is 2. The Kier molecular flexibility index (Phi) is 7.00. The molecule has 2 aromatic carbocycles. The lowest BCUT2D eigenvalue weighted by molar-refractivity contribution is -0.117. The standard InChI is InChI=1S/C25H24N2O3/c1-3-4-6-10-18(2)17-22(27-24(28)20-11-7-5-8-12-20)25(29)26-21-14-9-13-19-15-16-30-23(19)21/h3-16,22H,2,17H2,1H3,(H,26,29)(H,27,28)/b4-3-,10-6-. The van der Waals surface area contributed by atoms with Gasteiger partial charge in [-0.05, 0) is 31.2 Å². The minimum Gasteiger partial charge on any atom is -0.462 e. The van der Waals surface area contributed by atoms with E-state index >= 15 is 0 Å². The van der Waals surface area contributed by atoms with Gasteiger partial charge >= 0.3 is 0 Å². The van der Waals surface area contributed by atoms with Crippen LogP contribution in [0.3, 0.4) is 0 Å². The SMILES string of the molecule is C=C(/C=C\C=C/C)CC(NC(=O)c1ccccc1)C(=O)Nc1cccc2ccoc12. The van der Waals surface area contributed by atoms with Gasteiger partial charge in [-0.3, -0.25) is 9.59 Å². The molecule has 0 spiro atoms. The molecule has 0 saturated carbocycles. The Balaban J connectivity index is 1.80. The van der Waals surface area contributed by atoms with Crippen molar-refractivity contribution in [3.63, 3.8) is 0 Å². The Morgan fingerprint density at radius 2 is 1.87 bits per heavy atom. The summed E-state index contributed by atoms with van der Waals surface area (Å²) in [6.07, 6.45) is 9.28. The fraction of sp³-hybridized carbons (Fsp3) is 0.120. The smallest absolute Gasteiger partial charge is 0.251 e. The molecule has 0 radical (unpaired) electrons. The predicted octanol–water partition coefficient (Wildman–Crippen LogP) is 5.25. The maximum atomic E-state index is 13.1. The van der Waals surface area contributed by atoms with Crippen LogP contribution in [0.15, 0.2) is 102 Å². The highest BCUT2D eigenvalue weighted by atomic mass is 16.3. The maximum Gasteiger partial charge on any atom is 0.251 e. The quantitative estimate of drug-likeness (QED) is 0.508. The monoisotopic (exact) mass is 400 g/mol. The van der Waals surface area contributed by atoms with Crippen LogP contribution < -0.4 is 10.6 Å². The Bertz CT molecular complexity index is 1090. The predicted molar refractivity (Wildman–Crippen MR) is 120 cm³/mol. The average Bonchev–Trinajstić information content (AvgIpc) is 3.24. The second-order valence-corrected chi connectivity index (χ2v) is 6.77. The Hall–Kier alpha value is -3.86. The summed E-state index contributed by atoms with van der Waals surface area (Å²) in [5.74, 6) is -0.666. The summed E-state index contributed by atoms with van der Waals surface area (Å²) >= 11 is 0. The maximum absolute atomic E-state index is 13.1. The van der Waals surface area contributed by atoms with Crippen LogP contribution in [0.25, 0.3) is 11.0 Å². The number of hydrogen-bond donors (Lipinski definition) is 2. The van der Waals surface area contributed by atoms with Crippen molar-refractivity contribution in [1.29, 1.82) is 0 Å². The van der Waals surface area contributed by atoms with Gasteiger partial charge in [0.25, 0.3) is 5.91 Å². The van der Waals surface area contributed by atoms with Crippen molar-refractivity contribution in [3.8, 4) is 0 Å². The number of carbonyl (C=O) groups is 2. The molecule has 30 heavy (non-hydrogen) atoms. The molecule has 0 saturated heterocycles. The number of carbonyl (C=O) groups excluding carboxylic acids is 2. The molecule has 3 rings (SSSR count). The van der Waals surface area contributed by atoms with Gasteiger partial charge in [-0.15, -0.1) is 0 Å². The number of anilines is 1. The number of para-hydroxylation sites is 1. The summed E-state index contributed by atoms with van der Waals surface area (Å²) in [5.41, 5.74) is 2.35. The normalized spacial score (nSPS) is 12.3. The van der Waals surface area contributed by atoms with Gasteiger partial charge < -0.3 is 15.1 Å². The molecular weight excluding hydrogens is 376 g/mol. The zero-order valence-corrected chi connectivity index (χ0v) is 16.8. The van der Waals surface area contributed by atoms with Gasteiger partial charge in [-0.25, -0.2) is 0 Å². The van der Waals surface area contributed by atoms with Crippen LogP contribution in [0.5, 0.6) is 0 Å². The van der Waals surface area contributed by atoms with Crippen LogP contribution in [-0.4, -0.2) is 17.9 Å². The molecule has 0 bridgehead atoms. The fourth-order valence-corrected chi connectivity index (χ4v) is 2.98. The Morgan fingerprint density at radius 3 is 2.63 bits per heavy atom. The van der Waals surface area contributed by atoms with E-state index in [1.165, 1.54) is 0 Å². The van der Waals surface area contributed by atoms with E-state index in [0.29, 0.717) is 16.8 Å². The highest BCUT2D eigenvalue weighted by Crippen LogP contribution is 2.24. The summed E-state index contributed by atoms with van der Waals surface area (Å²) in [6.45, 7) is 5.92. The number of fused-ring (bicyclic) bond motifs is 1. The van der Waals surface area contributed by atoms with Crippen molar-refractivity contribution in [3.05, 3.63) is 103 Å². The van der Waals surface area contributed by atoms with Gasteiger partial charge in [0.2, 0.25) is 5.91 Å². The van der Waals surface area contributed by atoms with Gasteiger partial charge in [-0.2, -0.15) is 0 Å². The molecule has 2 amide bonds. The third kappa shape index (κ3) is 5.35. The van der Waals surface area contributed by atoms with Crippen LogP contribution in [0.2, 0.25) is 0 Å². The lowest BCUT2D eigenvalue weighted by Crippen LogP contribution is -2.44. The van der Waals surface area contributed by atoms with Crippen molar-refractivity contribution in [2.24, 2.45) is 0 Å². The molecular formula is C25H24N2O3. The number of nitrogens with one attached hydrogen (secondary N) is 2. The van der Waals surface area contributed by atoms with Crippen molar-refractivity contribution in [2.75, 3.05) is 5.32 Å². The lowest BCUT2D eigenvalue weighted by atomic mass is 10.0. The highest BCUT2D eigenvalue weighted by molar-refractivity contribution is 6.04. The lowest BCUT2D eigenvalue weighted by Gasteiger charge is -2.19. The third-order valence-corrected chi connectivity index (χ3v) is 4.50. The third-order valence-electron chi connectivity index (χ3n) is 4.50. The van der Waals surface area contributed by atoms with E-state index in [0.717, 1.165) is 11.0 Å². The van der Waals surface area contributed by atoms with Crippen molar-refractivity contribution >= 4 is 28.5 Å². The van der Waals surface area contributed by atoms with Crippen LogP contribution in [0.1, 0.15) is 23.7 Å². The molecule has 3 aromatic rings. The number of allylic oxidation sites excluding steroid dienone is 4. The zero-order chi connectivity index (χ0) is 21.3.